The van der Waals surface area contributed by atoms with E-state index in [0.717, 1.165) is 31.2 Å². The van der Waals surface area contributed by atoms with Crippen molar-refractivity contribution in [3.05, 3.63) is 23.8 Å². The topological polar surface area (TPSA) is 69.9 Å². The second kappa shape index (κ2) is 9.14. The van der Waals surface area contributed by atoms with Gasteiger partial charge in [0.15, 0.2) is 11.5 Å². The van der Waals surface area contributed by atoms with Crippen LogP contribution < -0.4 is 4.74 Å². The Kier molecular flexibility index (Phi) is 7.18. The minimum atomic E-state index is -0.309. The van der Waals surface area contributed by atoms with Crippen molar-refractivity contribution in [2.45, 2.75) is 57.5 Å². The number of benzene rings is 1. The van der Waals surface area contributed by atoms with Gasteiger partial charge in [0.1, 0.15) is 0 Å². The zero-order chi connectivity index (χ0) is 16.7. The van der Waals surface area contributed by atoms with Gasteiger partial charge in [-0.05, 0) is 61.6 Å². The second-order valence-electron chi connectivity index (χ2n) is 6.76. The molecule has 0 radical (unpaired) electrons. The molecule has 0 amide bonds. The van der Waals surface area contributed by atoms with Crippen molar-refractivity contribution in [2.24, 2.45) is 11.8 Å². The van der Waals surface area contributed by atoms with Crippen molar-refractivity contribution >= 4 is 0 Å². The molecule has 1 aliphatic rings. The molecule has 23 heavy (non-hydrogen) atoms. The largest absolute Gasteiger partial charge is 0.504 e. The highest BCUT2D eigenvalue weighted by Crippen LogP contribution is 2.33. The van der Waals surface area contributed by atoms with E-state index in [1.54, 1.807) is 6.07 Å². The number of aliphatic hydroxyl groups is 2. The van der Waals surface area contributed by atoms with Crippen LogP contribution in [0.1, 0.15) is 50.5 Å². The molecule has 0 aromatic heterocycles. The van der Waals surface area contributed by atoms with Crippen molar-refractivity contribution in [3.8, 4) is 11.5 Å². The Morgan fingerprint density at radius 2 is 1.91 bits per heavy atom. The number of aliphatic hydroxyl groups excluding tert-OH is 2. The number of ether oxygens (including phenoxy) is 1. The van der Waals surface area contributed by atoms with E-state index >= 15 is 0 Å². The number of aryl methyl sites for hydroxylation is 1. The molecule has 4 heteroatoms. The van der Waals surface area contributed by atoms with E-state index in [1.165, 1.54) is 26.4 Å². The van der Waals surface area contributed by atoms with Gasteiger partial charge in [-0.1, -0.05) is 25.3 Å². The Morgan fingerprint density at radius 3 is 2.61 bits per heavy atom. The van der Waals surface area contributed by atoms with Crippen LogP contribution in [0.3, 0.4) is 0 Å². The lowest BCUT2D eigenvalue weighted by atomic mass is 9.77. The normalized spacial score (nSPS) is 22.7. The van der Waals surface area contributed by atoms with E-state index < -0.39 is 0 Å². The highest BCUT2D eigenvalue weighted by atomic mass is 16.5. The van der Waals surface area contributed by atoms with Crippen LogP contribution in [0.5, 0.6) is 11.5 Å². The maximum absolute atomic E-state index is 10.2. The Morgan fingerprint density at radius 1 is 1.17 bits per heavy atom. The van der Waals surface area contributed by atoms with Gasteiger partial charge in [-0.2, -0.15) is 0 Å². The summed E-state index contributed by atoms with van der Waals surface area (Å²) in [6, 6.07) is 5.33. The molecule has 2 rings (SSSR count). The molecular weight excluding hydrogens is 292 g/mol. The number of phenolic OH excluding ortho intramolecular Hbond substituents is 1. The molecule has 4 nitrogen and oxygen atoms in total. The Balaban J connectivity index is 1.75. The molecule has 3 unspecified atom stereocenters. The lowest BCUT2D eigenvalue weighted by Gasteiger charge is -2.30. The number of hydrogen-bond donors (Lipinski definition) is 3. The average molecular weight is 322 g/mol. The van der Waals surface area contributed by atoms with E-state index in [2.05, 4.69) is 0 Å². The van der Waals surface area contributed by atoms with Gasteiger partial charge in [0.2, 0.25) is 0 Å². The first-order valence-corrected chi connectivity index (χ1v) is 8.78. The maximum atomic E-state index is 10.2. The third-order valence-corrected chi connectivity index (χ3v) is 5.18. The van der Waals surface area contributed by atoms with Gasteiger partial charge in [-0.3, -0.25) is 0 Å². The van der Waals surface area contributed by atoms with Gasteiger partial charge in [-0.25, -0.2) is 0 Å². The molecule has 1 aromatic rings. The lowest BCUT2D eigenvalue weighted by Crippen LogP contribution is -2.24. The van der Waals surface area contributed by atoms with Gasteiger partial charge >= 0.3 is 0 Å². The predicted molar refractivity (Wildman–Crippen MR) is 90.8 cm³/mol. The monoisotopic (exact) mass is 322 g/mol. The quantitative estimate of drug-likeness (QED) is 0.687. The van der Waals surface area contributed by atoms with Gasteiger partial charge in [-0.15, -0.1) is 0 Å². The first-order valence-electron chi connectivity index (χ1n) is 8.78. The zero-order valence-corrected chi connectivity index (χ0v) is 14.1. The smallest absolute Gasteiger partial charge is 0.160 e. The van der Waals surface area contributed by atoms with Gasteiger partial charge < -0.3 is 20.1 Å². The molecule has 0 saturated heterocycles. The lowest BCUT2D eigenvalue weighted by molar-refractivity contribution is 0.100. The molecule has 1 aliphatic carbocycles. The van der Waals surface area contributed by atoms with E-state index in [0.29, 0.717) is 24.0 Å². The number of hydrogen-bond acceptors (Lipinski definition) is 4. The molecule has 0 spiro atoms. The van der Waals surface area contributed by atoms with Crippen LogP contribution in [-0.2, 0) is 6.42 Å². The summed E-state index contributed by atoms with van der Waals surface area (Å²) >= 11 is 0. The minimum Gasteiger partial charge on any atom is -0.504 e. The van der Waals surface area contributed by atoms with Crippen molar-refractivity contribution in [1.29, 1.82) is 0 Å². The van der Waals surface area contributed by atoms with Crippen molar-refractivity contribution in [1.82, 2.24) is 0 Å². The number of aromatic hydroxyl groups is 1. The molecule has 0 heterocycles. The first kappa shape index (κ1) is 18.1. The van der Waals surface area contributed by atoms with Crippen LogP contribution in [0.2, 0.25) is 0 Å². The molecular formula is C19H30O4. The predicted octanol–water partition coefficient (Wildman–Crippen LogP) is 3.27. The summed E-state index contributed by atoms with van der Waals surface area (Å²) in [5.74, 6) is 1.61. The molecule has 1 saturated carbocycles. The van der Waals surface area contributed by atoms with Crippen LogP contribution in [-0.4, -0.2) is 35.1 Å². The molecule has 0 aliphatic heterocycles. The molecule has 0 bridgehead atoms. The highest BCUT2D eigenvalue weighted by Gasteiger charge is 2.24. The van der Waals surface area contributed by atoms with Crippen molar-refractivity contribution in [2.75, 3.05) is 13.7 Å². The third-order valence-electron chi connectivity index (χ3n) is 5.18. The van der Waals surface area contributed by atoms with Crippen LogP contribution >= 0.6 is 0 Å². The fraction of sp³-hybridized carbons (Fsp3) is 0.684. The zero-order valence-electron chi connectivity index (χ0n) is 14.1. The van der Waals surface area contributed by atoms with E-state index in [4.69, 9.17) is 4.74 Å². The molecule has 130 valence electrons. The number of phenols is 1. The Bertz CT molecular complexity index is 474. The number of rotatable bonds is 8. The maximum Gasteiger partial charge on any atom is 0.160 e. The van der Waals surface area contributed by atoms with Gasteiger partial charge in [0, 0.05) is 6.61 Å². The summed E-state index contributed by atoms with van der Waals surface area (Å²) in [6.07, 6.45) is 7.78. The molecule has 3 atom stereocenters. The summed E-state index contributed by atoms with van der Waals surface area (Å²) < 4.78 is 5.11. The van der Waals surface area contributed by atoms with Crippen LogP contribution in [0.15, 0.2) is 18.2 Å². The third kappa shape index (κ3) is 5.40. The SMILES string of the molecule is COc1cc(CCC(O)CCC2CCCCC2CO)ccc1O. The van der Waals surface area contributed by atoms with Crippen LogP contribution in [0.25, 0.3) is 0 Å². The van der Waals surface area contributed by atoms with E-state index in [9.17, 15) is 15.3 Å². The Hall–Kier alpha value is -1.26. The molecule has 1 fully saturated rings. The summed E-state index contributed by atoms with van der Waals surface area (Å²) in [6.45, 7) is 0.286. The highest BCUT2D eigenvalue weighted by molar-refractivity contribution is 5.41. The summed E-state index contributed by atoms with van der Waals surface area (Å²) in [4.78, 5) is 0. The minimum absolute atomic E-state index is 0.143. The summed E-state index contributed by atoms with van der Waals surface area (Å²) in [5.41, 5.74) is 1.06. The fourth-order valence-electron chi connectivity index (χ4n) is 3.67. The van der Waals surface area contributed by atoms with Gasteiger partial charge in [0.05, 0.1) is 13.2 Å². The molecule has 1 aromatic carbocycles. The van der Waals surface area contributed by atoms with E-state index in [1.807, 2.05) is 12.1 Å². The molecule has 3 N–H and O–H groups in total. The summed E-state index contributed by atoms with van der Waals surface area (Å²) in [5, 5.41) is 29.3. The van der Waals surface area contributed by atoms with E-state index in [-0.39, 0.29) is 18.5 Å². The number of methoxy groups -OCH3 is 1. The van der Waals surface area contributed by atoms with Crippen LogP contribution in [0, 0.1) is 11.8 Å². The summed E-state index contributed by atoms with van der Waals surface area (Å²) in [7, 11) is 1.54. The van der Waals surface area contributed by atoms with Crippen molar-refractivity contribution < 1.29 is 20.1 Å². The Labute approximate surface area is 139 Å². The first-order chi connectivity index (χ1) is 11.1. The average Bonchev–Trinajstić information content (AvgIpc) is 2.59. The van der Waals surface area contributed by atoms with Gasteiger partial charge in [0.25, 0.3) is 0 Å². The fourth-order valence-corrected chi connectivity index (χ4v) is 3.67. The van der Waals surface area contributed by atoms with Crippen molar-refractivity contribution in [3.63, 3.8) is 0 Å². The second-order valence-corrected chi connectivity index (χ2v) is 6.76. The van der Waals surface area contributed by atoms with Crippen LogP contribution in [0.4, 0.5) is 0 Å². The standard InChI is InChI=1S/C19H30O4/c1-23-19-12-14(7-11-18(19)22)6-9-17(21)10-8-15-4-2-3-5-16(15)13-20/h7,11-12,15-17,20-22H,2-6,8-10,13H2,1H3.